The average molecular weight is 429 g/mol. The van der Waals surface area contributed by atoms with Crippen LogP contribution in [0.3, 0.4) is 0 Å². The molecule has 1 aliphatic heterocycles. The van der Waals surface area contributed by atoms with Gasteiger partial charge in [-0.3, -0.25) is 9.69 Å². The molecule has 1 saturated heterocycles. The molecule has 31 heavy (non-hydrogen) atoms. The number of rotatable bonds is 5. The van der Waals surface area contributed by atoms with E-state index in [4.69, 9.17) is 9.73 Å². The molecule has 0 atom stereocenters. The van der Waals surface area contributed by atoms with Crippen molar-refractivity contribution in [2.75, 3.05) is 7.11 Å². The molecule has 0 aliphatic carbocycles. The van der Waals surface area contributed by atoms with Crippen LogP contribution < -0.4 is 0 Å². The highest BCUT2D eigenvalue weighted by Gasteiger charge is 2.33. The first-order chi connectivity index (χ1) is 15.1. The van der Waals surface area contributed by atoms with Crippen molar-refractivity contribution in [1.29, 1.82) is 0 Å². The van der Waals surface area contributed by atoms with Crippen molar-refractivity contribution in [3.05, 3.63) is 107 Å². The maximum atomic E-state index is 13.2. The van der Waals surface area contributed by atoms with Crippen LogP contribution in [-0.2, 0) is 16.1 Å². The molecule has 0 aromatic heterocycles. The Morgan fingerprint density at radius 3 is 2.26 bits per heavy atom. The molecule has 1 fully saturated rings. The maximum absolute atomic E-state index is 13.2. The van der Waals surface area contributed by atoms with E-state index in [0.29, 0.717) is 22.2 Å². The third kappa shape index (κ3) is 4.92. The number of hydrogen-bond acceptors (Lipinski definition) is 5. The number of carbonyl (C=O) groups is 2. The predicted octanol–water partition coefficient (Wildman–Crippen LogP) is 5.28. The Kier molecular flexibility index (Phi) is 6.29. The minimum Gasteiger partial charge on any atom is -0.465 e. The molecule has 6 heteroatoms. The van der Waals surface area contributed by atoms with Gasteiger partial charge in [0, 0.05) is 0 Å². The number of nitrogens with zero attached hydrogens (tertiary/aromatic N) is 2. The van der Waals surface area contributed by atoms with E-state index in [1.807, 2.05) is 66.7 Å². The smallest absolute Gasteiger partial charge is 0.337 e. The Bertz CT molecular complexity index is 1140. The highest BCUT2D eigenvalue weighted by atomic mass is 32.2. The second-order valence-electron chi connectivity index (χ2n) is 6.83. The van der Waals surface area contributed by atoms with E-state index in [-0.39, 0.29) is 5.91 Å². The normalized spacial score (nSPS) is 16.2. The van der Waals surface area contributed by atoms with Gasteiger partial charge in [-0.15, -0.1) is 0 Å². The van der Waals surface area contributed by atoms with Crippen LogP contribution in [0.2, 0.25) is 0 Å². The SMILES string of the molecule is COC(=O)c1ccc(/C=C2/SC(=Nc3ccccc3)N(Cc3ccccc3)C2=O)cc1. The largest absolute Gasteiger partial charge is 0.465 e. The van der Waals surface area contributed by atoms with E-state index in [1.54, 1.807) is 29.2 Å². The molecule has 3 aromatic carbocycles. The lowest BCUT2D eigenvalue weighted by molar-refractivity contribution is -0.122. The molecule has 0 saturated carbocycles. The van der Waals surface area contributed by atoms with Crippen LogP contribution in [0, 0.1) is 0 Å². The van der Waals surface area contributed by atoms with Gasteiger partial charge in [-0.2, -0.15) is 0 Å². The molecule has 3 aromatic rings. The van der Waals surface area contributed by atoms with Gasteiger partial charge in [-0.05, 0) is 53.2 Å². The Labute approximate surface area is 185 Å². The number of esters is 1. The molecule has 154 valence electrons. The van der Waals surface area contributed by atoms with E-state index in [0.717, 1.165) is 16.8 Å². The van der Waals surface area contributed by atoms with Crippen LogP contribution in [0.15, 0.2) is 94.8 Å². The van der Waals surface area contributed by atoms with Crippen LogP contribution in [0.1, 0.15) is 21.5 Å². The second-order valence-corrected chi connectivity index (χ2v) is 7.84. The highest BCUT2D eigenvalue weighted by Crippen LogP contribution is 2.35. The summed E-state index contributed by atoms with van der Waals surface area (Å²) in [5.74, 6) is -0.489. The summed E-state index contributed by atoms with van der Waals surface area (Å²) in [6, 6.07) is 26.4. The van der Waals surface area contributed by atoms with Gasteiger partial charge in [-0.1, -0.05) is 60.7 Å². The summed E-state index contributed by atoms with van der Waals surface area (Å²) in [5, 5.41) is 0.637. The lowest BCUT2D eigenvalue weighted by Crippen LogP contribution is -2.28. The zero-order chi connectivity index (χ0) is 21.6. The van der Waals surface area contributed by atoms with Crippen molar-refractivity contribution in [2.45, 2.75) is 6.54 Å². The number of para-hydroxylation sites is 1. The Morgan fingerprint density at radius 2 is 1.61 bits per heavy atom. The lowest BCUT2D eigenvalue weighted by Gasteiger charge is -2.15. The third-order valence-corrected chi connectivity index (χ3v) is 5.69. The molecule has 0 radical (unpaired) electrons. The van der Waals surface area contributed by atoms with E-state index < -0.39 is 5.97 Å². The number of ether oxygens (including phenoxy) is 1. The molecule has 0 unspecified atom stereocenters. The molecular formula is C25H20N2O3S. The predicted molar refractivity (Wildman–Crippen MR) is 124 cm³/mol. The third-order valence-electron chi connectivity index (χ3n) is 4.68. The van der Waals surface area contributed by atoms with Gasteiger partial charge < -0.3 is 4.74 Å². The number of thioether (sulfide) groups is 1. The van der Waals surface area contributed by atoms with Crippen molar-refractivity contribution in [3.8, 4) is 0 Å². The zero-order valence-electron chi connectivity index (χ0n) is 16.9. The molecule has 0 N–H and O–H groups in total. The first kappa shape index (κ1) is 20.6. The fourth-order valence-corrected chi connectivity index (χ4v) is 4.09. The summed E-state index contributed by atoms with van der Waals surface area (Å²) in [5.41, 5.74) is 3.11. The average Bonchev–Trinajstić information content (AvgIpc) is 3.09. The fraction of sp³-hybridized carbons (Fsp3) is 0.0800. The summed E-state index contributed by atoms with van der Waals surface area (Å²) in [6.07, 6.45) is 1.82. The minimum absolute atomic E-state index is 0.0967. The second kappa shape index (κ2) is 9.45. The molecule has 1 amide bonds. The number of aliphatic imine (C=N–C) groups is 1. The summed E-state index contributed by atoms with van der Waals surface area (Å²) in [7, 11) is 1.35. The van der Waals surface area contributed by atoms with Crippen LogP contribution in [0.4, 0.5) is 5.69 Å². The van der Waals surface area contributed by atoms with Crippen LogP contribution in [0.5, 0.6) is 0 Å². The molecule has 4 rings (SSSR count). The standard InChI is InChI=1S/C25H20N2O3S/c1-30-24(29)20-14-12-18(13-15-20)16-22-23(28)27(17-19-8-4-2-5-9-19)25(31-22)26-21-10-6-3-7-11-21/h2-16H,17H2,1H3/b22-16+,26-25?. The Morgan fingerprint density at radius 1 is 0.968 bits per heavy atom. The summed E-state index contributed by atoms with van der Waals surface area (Å²) in [4.78, 5) is 31.8. The first-order valence-corrected chi connectivity index (χ1v) is 10.5. The van der Waals surface area contributed by atoms with Gasteiger partial charge in [-0.25, -0.2) is 9.79 Å². The van der Waals surface area contributed by atoms with E-state index in [1.165, 1.54) is 18.9 Å². The van der Waals surface area contributed by atoms with Gasteiger partial charge in [0.15, 0.2) is 5.17 Å². The summed E-state index contributed by atoms with van der Waals surface area (Å²) < 4.78 is 4.73. The molecule has 5 nitrogen and oxygen atoms in total. The van der Waals surface area contributed by atoms with Crippen LogP contribution >= 0.6 is 11.8 Å². The number of carbonyl (C=O) groups excluding carboxylic acids is 2. The Hall–Kier alpha value is -3.64. The number of methoxy groups -OCH3 is 1. The van der Waals surface area contributed by atoms with Gasteiger partial charge in [0.05, 0.1) is 29.8 Å². The molecule has 1 aliphatic rings. The lowest BCUT2D eigenvalue weighted by atomic mass is 10.1. The van der Waals surface area contributed by atoms with Crippen LogP contribution in [0.25, 0.3) is 6.08 Å². The van der Waals surface area contributed by atoms with Gasteiger partial charge in [0.25, 0.3) is 5.91 Å². The Balaban J connectivity index is 1.65. The number of amides is 1. The molecule has 0 bridgehead atoms. The van der Waals surface area contributed by atoms with Crippen molar-refractivity contribution in [3.63, 3.8) is 0 Å². The number of amidine groups is 1. The van der Waals surface area contributed by atoms with Gasteiger partial charge in [0.2, 0.25) is 0 Å². The highest BCUT2D eigenvalue weighted by molar-refractivity contribution is 8.18. The quantitative estimate of drug-likeness (QED) is 0.410. The van der Waals surface area contributed by atoms with Crippen molar-refractivity contribution < 1.29 is 14.3 Å². The summed E-state index contributed by atoms with van der Waals surface area (Å²) >= 11 is 1.35. The van der Waals surface area contributed by atoms with Crippen molar-refractivity contribution >= 4 is 40.6 Å². The zero-order valence-corrected chi connectivity index (χ0v) is 17.7. The monoisotopic (exact) mass is 428 g/mol. The number of benzene rings is 3. The summed E-state index contributed by atoms with van der Waals surface area (Å²) in [6.45, 7) is 0.441. The number of hydrogen-bond donors (Lipinski definition) is 0. The maximum Gasteiger partial charge on any atom is 0.337 e. The van der Waals surface area contributed by atoms with E-state index >= 15 is 0 Å². The molecule has 0 spiro atoms. The van der Waals surface area contributed by atoms with Crippen LogP contribution in [-0.4, -0.2) is 29.1 Å². The minimum atomic E-state index is -0.392. The molecular weight excluding hydrogens is 408 g/mol. The topological polar surface area (TPSA) is 59.0 Å². The van der Waals surface area contributed by atoms with Gasteiger partial charge in [0.1, 0.15) is 0 Å². The fourth-order valence-electron chi connectivity index (χ4n) is 3.09. The molecule has 1 heterocycles. The van der Waals surface area contributed by atoms with Gasteiger partial charge >= 0.3 is 5.97 Å². The first-order valence-electron chi connectivity index (χ1n) is 9.71. The van der Waals surface area contributed by atoms with E-state index in [2.05, 4.69) is 0 Å². The van der Waals surface area contributed by atoms with Crippen molar-refractivity contribution in [2.24, 2.45) is 4.99 Å². The van der Waals surface area contributed by atoms with E-state index in [9.17, 15) is 9.59 Å². The van der Waals surface area contributed by atoms with Crippen molar-refractivity contribution in [1.82, 2.24) is 4.90 Å².